The molecule has 2 N–H and O–H groups in total. The Balaban J connectivity index is 2.03. The lowest BCUT2D eigenvalue weighted by atomic mass is 10.3. The van der Waals surface area contributed by atoms with Crippen molar-refractivity contribution >= 4 is 6.09 Å². The van der Waals surface area contributed by atoms with Crippen LogP contribution in [-0.4, -0.2) is 35.2 Å². The van der Waals surface area contributed by atoms with Crippen molar-refractivity contribution in [3.8, 4) is 0 Å². The summed E-state index contributed by atoms with van der Waals surface area (Å²) < 4.78 is 5.06. The van der Waals surface area contributed by atoms with Crippen molar-refractivity contribution in [1.82, 2.24) is 9.88 Å². The molecule has 0 aliphatic carbocycles. The molecule has 1 unspecified atom stereocenters. The molecule has 1 amide bonds. The van der Waals surface area contributed by atoms with E-state index >= 15 is 0 Å². The van der Waals surface area contributed by atoms with Gasteiger partial charge in [0.2, 0.25) is 0 Å². The minimum Gasteiger partial charge on any atom is -0.443 e. The summed E-state index contributed by atoms with van der Waals surface area (Å²) >= 11 is 0. The molecule has 5 nitrogen and oxygen atoms in total. The maximum absolute atomic E-state index is 11.5. The van der Waals surface area contributed by atoms with Gasteiger partial charge in [0.15, 0.2) is 0 Å². The van der Waals surface area contributed by atoms with E-state index in [1.54, 1.807) is 4.90 Å². The number of rotatable bonds is 3. The molecule has 1 aromatic heterocycles. The maximum atomic E-state index is 11.5. The molecule has 0 spiro atoms. The van der Waals surface area contributed by atoms with Crippen LogP contribution in [-0.2, 0) is 11.3 Å². The molecule has 1 aliphatic rings. The van der Waals surface area contributed by atoms with Gasteiger partial charge < -0.3 is 10.5 Å². The van der Waals surface area contributed by atoms with Crippen LogP contribution in [0.5, 0.6) is 0 Å². The highest BCUT2D eigenvalue weighted by Gasteiger charge is 2.30. The smallest absolute Gasteiger partial charge is 0.410 e. The molecule has 0 aromatic carbocycles. The van der Waals surface area contributed by atoms with Crippen molar-refractivity contribution in [3.63, 3.8) is 0 Å². The van der Waals surface area contributed by atoms with Crippen molar-refractivity contribution in [2.45, 2.75) is 19.6 Å². The lowest BCUT2D eigenvalue weighted by molar-refractivity contribution is 0.134. The van der Waals surface area contributed by atoms with Gasteiger partial charge >= 0.3 is 6.09 Å². The standard InChI is InChI=1S/C11H15N3O2/c1-8-3-2-4-9(13-8)6-14-7-10(5-12)16-11(14)15/h2-4,10H,5-7,12H2,1H3. The maximum Gasteiger partial charge on any atom is 0.410 e. The molecular formula is C11H15N3O2. The third-order valence-corrected chi connectivity index (χ3v) is 2.51. The van der Waals surface area contributed by atoms with Crippen molar-refractivity contribution < 1.29 is 9.53 Å². The average molecular weight is 221 g/mol. The topological polar surface area (TPSA) is 68.4 Å². The summed E-state index contributed by atoms with van der Waals surface area (Å²) in [6, 6.07) is 5.75. The zero-order chi connectivity index (χ0) is 11.5. The van der Waals surface area contributed by atoms with Crippen LogP contribution in [0.25, 0.3) is 0 Å². The van der Waals surface area contributed by atoms with Crippen LogP contribution in [0.15, 0.2) is 18.2 Å². The first-order valence-corrected chi connectivity index (χ1v) is 5.27. The first kappa shape index (κ1) is 10.9. The normalized spacial score (nSPS) is 20.0. The van der Waals surface area contributed by atoms with Crippen LogP contribution in [0.3, 0.4) is 0 Å². The minimum absolute atomic E-state index is 0.183. The monoisotopic (exact) mass is 221 g/mol. The second-order valence-corrected chi connectivity index (χ2v) is 3.89. The van der Waals surface area contributed by atoms with Gasteiger partial charge in [-0.3, -0.25) is 9.88 Å². The van der Waals surface area contributed by atoms with Crippen LogP contribution in [0.4, 0.5) is 4.79 Å². The number of amides is 1. The first-order valence-electron chi connectivity index (χ1n) is 5.27. The van der Waals surface area contributed by atoms with Gasteiger partial charge in [0, 0.05) is 12.2 Å². The molecule has 1 saturated heterocycles. The Hall–Kier alpha value is -1.62. The molecule has 0 radical (unpaired) electrons. The van der Waals surface area contributed by atoms with Crippen LogP contribution >= 0.6 is 0 Å². The van der Waals surface area contributed by atoms with E-state index < -0.39 is 0 Å². The number of ether oxygens (including phenoxy) is 1. The van der Waals surface area contributed by atoms with Crippen LogP contribution in [0.2, 0.25) is 0 Å². The molecule has 1 atom stereocenters. The summed E-state index contributed by atoms with van der Waals surface area (Å²) in [5.41, 5.74) is 7.27. The molecule has 0 saturated carbocycles. The third kappa shape index (κ3) is 2.30. The van der Waals surface area contributed by atoms with Crippen molar-refractivity contribution in [2.24, 2.45) is 5.73 Å². The number of hydrogen-bond acceptors (Lipinski definition) is 4. The SMILES string of the molecule is Cc1cccc(CN2CC(CN)OC2=O)n1. The van der Waals surface area contributed by atoms with Crippen molar-refractivity contribution in [2.75, 3.05) is 13.1 Å². The van der Waals surface area contributed by atoms with E-state index in [4.69, 9.17) is 10.5 Å². The number of carbonyl (C=O) groups is 1. The Bertz CT molecular complexity index is 395. The number of nitrogens with two attached hydrogens (primary N) is 1. The average Bonchev–Trinajstić information content (AvgIpc) is 2.60. The van der Waals surface area contributed by atoms with Gasteiger partial charge in [-0.1, -0.05) is 6.07 Å². The summed E-state index contributed by atoms with van der Waals surface area (Å²) in [5.74, 6) is 0. The second-order valence-electron chi connectivity index (χ2n) is 3.89. The molecule has 5 heteroatoms. The van der Waals surface area contributed by atoms with E-state index in [0.717, 1.165) is 11.4 Å². The second kappa shape index (κ2) is 4.49. The summed E-state index contributed by atoms with van der Waals surface area (Å²) in [6.45, 7) is 3.32. The summed E-state index contributed by atoms with van der Waals surface area (Å²) in [5, 5.41) is 0. The number of pyridine rings is 1. The zero-order valence-electron chi connectivity index (χ0n) is 9.22. The van der Waals surface area contributed by atoms with E-state index in [-0.39, 0.29) is 12.2 Å². The quantitative estimate of drug-likeness (QED) is 0.814. The van der Waals surface area contributed by atoms with Gasteiger partial charge in [-0.05, 0) is 19.1 Å². The third-order valence-electron chi connectivity index (χ3n) is 2.51. The van der Waals surface area contributed by atoms with Gasteiger partial charge in [-0.15, -0.1) is 0 Å². The Kier molecular flexibility index (Phi) is 3.05. The van der Waals surface area contributed by atoms with E-state index in [1.165, 1.54) is 0 Å². The van der Waals surface area contributed by atoms with E-state index in [2.05, 4.69) is 4.98 Å². The number of aromatic nitrogens is 1. The molecule has 2 heterocycles. The summed E-state index contributed by atoms with van der Waals surface area (Å²) in [6.07, 6.45) is -0.490. The van der Waals surface area contributed by atoms with Gasteiger partial charge in [-0.2, -0.15) is 0 Å². The molecule has 1 fully saturated rings. The molecule has 1 aromatic rings. The van der Waals surface area contributed by atoms with E-state index in [0.29, 0.717) is 19.6 Å². The highest BCUT2D eigenvalue weighted by atomic mass is 16.6. The van der Waals surface area contributed by atoms with E-state index in [9.17, 15) is 4.79 Å². The number of hydrogen-bond donors (Lipinski definition) is 1. The van der Waals surface area contributed by atoms with Crippen molar-refractivity contribution in [1.29, 1.82) is 0 Å². The van der Waals surface area contributed by atoms with Gasteiger partial charge in [-0.25, -0.2) is 4.79 Å². The largest absolute Gasteiger partial charge is 0.443 e. The predicted octanol–water partition coefficient (Wildman–Crippen LogP) is 0.670. The molecule has 2 rings (SSSR count). The fourth-order valence-electron chi connectivity index (χ4n) is 1.71. The summed E-state index contributed by atoms with van der Waals surface area (Å²) in [4.78, 5) is 17.4. The minimum atomic E-state index is -0.307. The molecule has 16 heavy (non-hydrogen) atoms. The summed E-state index contributed by atoms with van der Waals surface area (Å²) in [7, 11) is 0. The Morgan fingerprint density at radius 1 is 1.62 bits per heavy atom. The lowest BCUT2D eigenvalue weighted by Crippen LogP contribution is -2.27. The number of nitrogens with zero attached hydrogens (tertiary/aromatic N) is 2. The first-order chi connectivity index (χ1) is 7.69. The number of cyclic esters (lactones) is 1. The molecule has 0 bridgehead atoms. The molecule has 86 valence electrons. The van der Waals surface area contributed by atoms with Crippen LogP contribution in [0, 0.1) is 6.92 Å². The van der Waals surface area contributed by atoms with Gasteiger partial charge in [0.05, 0.1) is 18.8 Å². The fourth-order valence-corrected chi connectivity index (χ4v) is 1.71. The lowest BCUT2D eigenvalue weighted by Gasteiger charge is -2.12. The highest BCUT2D eigenvalue weighted by Crippen LogP contribution is 2.13. The molecule has 1 aliphatic heterocycles. The Labute approximate surface area is 94.2 Å². The number of aryl methyl sites for hydroxylation is 1. The van der Waals surface area contributed by atoms with Crippen LogP contribution < -0.4 is 5.73 Å². The fraction of sp³-hybridized carbons (Fsp3) is 0.455. The highest BCUT2D eigenvalue weighted by molar-refractivity contribution is 5.69. The predicted molar refractivity (Wildman–Crippen MR) is 58.7 cm³/mol. The van der Waals surface area contributed by atoms with Crippen molar-refractivity contribution in [3.05, 3.63) is 29.6 Å². The van der Waals surface area contributed by atoms with Gasteiger partial charge in [0.1, 0.15) is 6.10 Å². The van der Waals surface area contributed by atoms with E-state index in [1.807, 2.05) is 25.1 Å². The number of carbonyl (C=O) groups excluding carboxylic acids is 1. The van der Waals surface area contributed by atoms with Crippen LogP contribution in [0.1, 0.15) is 11.4 Å². The Morgan fingerprint density at radius 3 is 3.06 bits per heavy atom. The molecular weight excluding hydrogens is 206 g/mol. The van der Waals surface area contributed by atoms with Gasteiger partial charge in [0.25, 0.3) is 0 Å². The Morgan fingerprint density at radius 2 is 2.44 bits per heavy atom. The zero-order valence-corrected chi connectivity index (χ0v) is 9.22.